The summed E-state index contributed by atoms with van der Waals surface area (Å²) in [4.78, 5) is 23.7. The van der Waals surface area contributed by atoms with E-state index in [4.69, 9.17) is 4.74 Å². The summed E-state index contributed by atoms with van der Waals surface area (Å²) in [5.74, 6) is -2.90. The fourth-order valence-corrected chi connectivity index (χ4v) is 2.04. The normalized spacial score (nSPS) is 20.8. The van der Waals surface area contributed by atoms with E-state index in [2.05, 4.69) is 10.6 Å². The molecule has 116 valence electrons. The number of hydrogen-bond acceptors (Lipinski definition) is 4. The van der Waals surface area contributed by atoms with Crippen LogP contribution in [-0.2, 0) is 20.9 Å². The monoisotopic (exact) mass is 302 g/mol. The second-order valence-electron chi connectivity index (χ2n) is 4.89. The highest BCUT2D eigenvalue weighted by Crippen LogP contribution is 2.19. The summed E-state index contributed by atoms with van der Waals surface area (Å²) in [6.07, 6.45) is 5.69. The third kappa shape index (κ3) is 3.95. The minimum Gasteiger partial charge on any atom is -0.464 e. The maximum atomic E-state index is 12.3. The predicted octanol–water partition coefficient (Wildman–Crippen LogP) is 0.596. The second-order valence-corrected chi connectivity index (χ2v) is 4.89. The lowest BCUT2D eigenvalue weighted by Gasteiger charge is -2.33. The second kappa shape index (κ2) is 6.91. The Balaban J connectivity index is 2.08. The van der Waals surface area contributed by atoms with E-state index in [0.29, 0.717) is 0 Å². The fraction of sp³-hybridized carbons (Fsp3) is 0.250. The van der Waals surface area contributed by atoms with Gasteiger partial charge in [-0.25, -0.2) is 0 Å². The molecule has 6 nitrogen and oxygen atoms in total. The molecule has 2 atom stereocenters. The van der Waals surface area contributed by atoms with Crippen LogP contribution in [0.4, 0.5) is 0 Å². The van der Waals surface area contributed by atoms with Crippen LogP contribution in [0.2, 0.25) is 0 Å². The third-order valence-corrected chi connectivity index (χ3v) is 3.11. The van der Waals surface area contributed by atoms with E-state index in [9.17, 15) is 14.7 Å². The van der Waals surface area contributed by atoms with Crippen molar-refractivity contribution in [2.45, 2.75) is 25.3 Å². The Morgan fingerprint density at radius 2 is 2.00 bits per heavy atom. The van der Waals surface area contributed by atoms with Crippen molar-refractivity contribution in [3.63, 3.8) is 0 Å². The average molecular weight is 302 g/mol. The summed E-state index contributed by atoms with van der Waals surface area (Å²) >= 11 is 0. The molecule has 0 bridgehead atoms. The van der Waals surface area contributed by atoms with Crippen LogP contribution in [0.3, 0.4) is 0 Å². The van der Waals surface area contributed by atoms with E-state index < -0.39 is 23.6 Å². The number of nitrogens with one attached hydrogen (secondary N) is 2. The molecule has 2 unspecified atom stereocenters. The lowest BCUT2D eigenvalue weighted by Crippen LogP contribution is -2.60. The number of ether oxygens (including phenoxy) is 1. The van der Waals surface area contributed by atoms with Crippen LogP contribution in [0, 0.1) is 0 Å². The Kier molecular flexibility index (Phi) is 4.95. The van der Waals surface area contributed by atoms with Crippen molar-refractivity contribution in [3.05, 3.63) is 60.4 Å². The topological polar surface area (TPSA) is 87.7 Å². The molecule has 1 heterocycles. The standard InChI is InChI=1S/C16H18N2O4/c1-12(19)18-14(16(21)9-5-6-10-22-16)15(20)17-11-13-7-3-2-4-8-13/h2-10,14,21H,11H2,1H3,(H,17,20)(H,18,19). The van der Waals surface area contributed by atoms with Gasteiger partial charge < -0.3 is 20.5 Å². The van der Waals surface area contributed by atoms with E-state index in [0.717, 1.165) is 5.56 Å². The van der Waals surface area contributed by atoms with Crippen molar-refractivity contribution in [1.29, 1.82) is 0 Å². The van der Waals surface area contributed by atoms with Gasteiger partial charge in [0.05, 0.1) is 6.26 Å². The van der Waals surface area contributed by atoms with Crippen molar-refractivity contribution >= 4 is 11.8 Å². The largest absolute Gasteiger partial charge is 0.464 e. The van der Waals surface area contributed by atoms with Gasteiger partial charge in [0.25, 0.3) is 5.79 Å². The van der Waals surface area contributed by atoms with E-state index >= 15 is 0 Å². The number of rotatable bonds is 5. The molecular weight excluding hydrogens is 284 g/mol. The van der Waals surface area contributed by atoms with Gasteiger partial charge in [0.2, 0.25) is 11.8 Å². The average Bonchev–Trinajstić information content (AvgIpc) is 2.52. The number of aliphatic hydroxyl groups is 1. The van der Waals surface area contributed by atoms with Gasteiger partial charge in [0.15, 0.2) is 6.04 Å². The Labute approximate surface area is 128 Å². The molecule has 1 aliphatic rings. The van der Waals surface area contributed by atoms with Gasteiger partial charge in [-0.05, 0) is 17.7 Å². The lowest BCUT2D eigenvalue weighted by molar-refractivity contribution is -0.168. The number of benzene rings is 1. The Bertz CT molecular complexity index is 597. The van der Waals surface area contributed by atoms with Gasteiger partial charge in [-0.2, -0.15) is 0 Å². The summed E-state index contributed by atoms with van der Waals surface area (Å²) in [6, 6.07) is 8.07. The molecule has 0 aromatic heterocycles. The maximum Gasteiger partial charge on any atom is 0.256 e. The molecule has 22 heavy (non-hydrogen) atoms. The highest BCUT2D eigenvalue weighted by atomic mass is 16.6. The van der Waals surface area contributed by atoms with Crippen LogP contribution in [0.1, 0.15) is 12.5 Å². The minimum absolute atomic E-state index is 0.283. The summed E-state index contributed by atoms with van der Waals surface area (Å²) in [7, 11) is 0. The van der Waals surface area contributed by atoms with Crippen molar-refractivity contribution in [3.8, 4) is 0 Å². The molecule has 1 aliphatic heterocycles. The Morgan fingerprint density at radius 3 is 2.59 bits per heavy atom. The van der Waals surface area contributed by atoms with Crippen LogP contribution < -0.4 is 10.6 Å². The molecule has 2 amide bonds. The van der Waals surface area contributed by atoms with Crippen LogP contribution in [-0.4, -0.2) is 28.7 Å². The zero-order valence-corrected chi connectivity index (χ0v) is 12.2. The van der Waals surface area contributed by atoms with Crippen molar-refractivity contribution in [1.82, 2.24) is 10.6 Å². The van der Waals surface area contributed by atoms with Crippen molar-refractivity contribution in [2.24, 2.45) is 0 Å². The number of amides is 2. The first kappa shape index (κ1) is 15.8. The van der Waals surface area contributed by atoms with Crippen LogP contribution >= 0.6 is 0 Å². The van der Waals surface area contributed by atoms with Gasteiger partial charge in [0, 0.05) is 13.5 Å². The van der Waals surface area contributed by atoms with Crippen LogP contribution in [0.25, 0.3) is 0 Å². The van der Waals surface area contributed by atoms with E-state index in [1.54, 1.807) is 12.2 Å². The molecule has 6 heteroatoms. The molecule has 0 fully saturated rings. The van der Waals surface area contributed by atoms with Gasteiger partial charge in [-0.1, -0.05) is 36.4 Å². The van der Waals surface area contributed by atoms with E-state index in [1.807, 2.05) is 30.3 Å². The Morgan fingerprint density at radius 1 is 1.27 bits per heavy atom. The molecule has 0 saturated carbocycles. The smallest absolute Gasteiger partial charge is 0.256 e. The fourth-order valence-electron chi connectivity index (χ4n) is 2.04. The first-order valence-electron chi connectivity index (χ1n) is 6.84. The number of carbonyl (C=O) groups excluding carboxylic acids is 2. The van der Waals surface area contributed by atoms with E-state index in [1.165, 1.54) is 19.3 Å². The summed E-state index contributed by atoms with van der Waals surface area (Å²) < 4.78 is 5.11. The summed E-state index contributed by atoms with van der Waals surface area (Å²) in [5, 5.41) is 15.5. The summed E-state index contributed by atoms with van der Waals surface area (Å²) in [5.41, 5.74) is 0.907. The first-order chi connectivity index (χ1) is 10.5. The van der Waals surface area contributed by atoms with Crippen LogP contribution in [0.15, 0.2) is 54.8 Å². The SMILES string of the molecule is CC(=O)NC(C(=O)NCc1ccccc1)C1(O)C=CC=CO1. The highest BCUT2D eigenvalue weighted by molar-refractivity contribution is 5.88. The highest BCUT2D eigenvalue weighted by Gasteiger charge is 2.42. The van der Waals surface area contributed by atoms with Gasteiger partial charge >= 0.3 is 0 Å². The maximum absolute atomic E-state index is 12.3. The van der Waals surface area contributed by atoms with Gasteiger partial charge in [-0.3, -0.25) is 9.59 Å². The molecule has 1 aromatic rings. The molecule has 0 spiro atoms. The zero-order chi connectivity index (χ0) is 16.0. The molecular formula is C16H18N2O4. The number of hydrogen-bond donors (Lipinski definition) is 3. The van der Waals surface area contributed by atoms with Crippen LogP contribution in [0.5, 0.6) is 0 Å². The summed E-state index contributed by atoms with van der Waals surface area (Å²) in [6.45, 7) is 1.55. The first-order valence-corrected chi connectivity index (χ1v) is 6.84. The number of allylic oxidation sites excluding steroid dienone is 2. The molecule has 2 rings (SSSR count). The molecule has 1 aromatic carbocycles. The predicted molar refractivity (Wildman–Crippen MR) is 80.2 cm³/mol. The Hall–Kier alpha value is -2.60. The van der Waals surface area contributed by atoms with Gasteiger partial charge in [-0.15, -0.1) is 0 Å². The van der Waals surface area contributed by atoms with Crippen molar-refractivity contribution in [2.75, 3.05) is 0 Å². The third-order valence-electron chi connectivity index (χ3n) is 3.11. The van der Waals surface area contributed by atoms with Crippen molar-refractivity contribution < 1.29 is 19.4 Å². The zero-order valence-electron chi connectivity index (χ0n) is 12.2. The molecule has 0 aliphatic carbocycles. The van der Waals surface area contributed by atoms with E-state index in [-0.39, 0.29) is 6.54 Å². The lowest BCUT2D eigenvalue weighted by atomic mass is 10.0. The molecule has 0 saturated heterocycles. The molecule has 3 N–H and O–H groups in total. The molecule has 0 radical (unpaired) electrons. The minimum atomic E-state index is -1.92. The number of carbonyl (C=O) groups is 2. The quantitative estimate of drug-likeness (QED) is 0.743. The van der Waals surface area contributed by atoms with Gasteiger partial charge in [0.1, 0.15) is 0 Å².